The number of fused-ring (bicyclic) bond motifs is 1. The van der Waals surface area contributed by atoms with Gasteiger partial charge in [0.15, 0.2) is 5.82 Å². The lowest BCUT2D eigenvalue weighted by Crippen LogP contribution is -2.48. The third kappa shape index (κ3) is 7.76. The summed E-state index contributed by atoms with van der Waals surface area (Å²) in [7, 11) is 0. The van der Waals surface area contributed by atoms with Gasteiger partial charge in [0.25, 0.3) is 0 Å². The lowest BCUT2D eigenvalue weighted by Gasteiger charge is -2.30. The third-order valence-corrected chi connectivity index (χ3v) is 6.76. The van der Waals surface area contributed by atoms with Crippen LogP contribution in [0.25, 0.3) is 0 Å². The van der Waals surface area contributed by atoms with Gasteiger partial charge in [-0.25, -0.2) is 9.37 Å². The minimum atomic E-state index is -0.367. The van der Waals surface area contributed by atoms with E-state index in [0.717, 1.165) is 37.9 Å². The van der Waals surface area contributed by atoms with E-state index in [4.69, 9.17) is 11.6 Å². The molecular formula is C27H41ClFN5O. The molecule has 0 saturated heterocycles. The van der Waals surface area contributed by atoms with Gasteiger partial charge in [0.05, 0.1) is 17.9 Å². The van der Waals surface area contributed by atoms with Crippen molar-refractivity contribution in [3.05, 3.63) is 46.6 Å². The van der Waals surface area contributed by atoms with Gasteiger partial charge in [0.1, 0.15) is 5.82 Å². The van der Waals surface area contributed by atoms with Crippen LogP contribution in [0.2, 0.25) is 5.02 Å². The van der Waals surface area contributed by atoms with Crippen molar-refractivity contribution in [1.82, 2.24) is 20.2 Å². The summed E-state index contributed by atoms with van der Waals surface area (Å²) in [4.78, 5) is 17.6. The summed E-state index contributed by atoms with van der Waals surface area (Å²) in [6, 6.07) is 2.89. The van der Waals surface area contributed by atoms with Crippen molar-refractivity contribution in [2.75, 3.05) is 18.4 Å². The fourth-order valence-corrected chi connectivity index (χ4v) is 4.79. The lowest BCUT2D eigenvalue weighted by molar-refractivity contribution is -0.118. The van der Waals surface area contributed by atoms with Crippen LogP contribution in [-0.2, 0) is 23.2 Å². The SMILES string of the molecule is CCCC(NC1CCc2cc(Cl)cc(F)c2C1)C(=O)Nc1cn(C(C)(C)CNCC(C)(C)C)cn1. The maximum absolute atomic E-state index is 14.5. The highest BCUT2D eigenvalue weighted by molar-refractivity contribution is 6.30. The van der Waals surface area contributed by atoms with E-state index in [0.29, 0.717) is 29.2 Å². The Morgan fingerprint density at radius 2 is 2.00 bits per heavy atom. The van der Waals surface area contributed by atoms with Gasteiger partial charge < -0.3 is 20.5 Å². The topological polar surface area (TPSA) is 71.0 Å². The second-order valence-corrected chi connectivity index (χ2v) is 12.0. The molecule has 194 valence electrons. The number of hydrogen-bond acceptors (Lipinski definition) is 4. The molecule has 2 unspecified atom stereocenters. The molecule has 3 rings (SSSR count). The number of anilines is 1. The summed E-state index contributed by atoms with van der Waals surface area (Å²) in [5, 5.41) is 10.4. The number of rotatable bonds is 10. The molecule has 0 spiro atoms. The predicted molar refractivity (Wildman–Crippen MR) is 142 cm³/mol. The van der Waals surface area contributed by atoms with Crippen LogP contribution in [0.3, 0.4) is 0 Å². The maximum atomic E-state index is 14.5. The molecule has 2 atom stereocenters. The van der Waals surface area contributed by atoms with E-state index in [9.17, 15) is 9.18 Å². The van der Waals surface area contributed by atoms with Crippen molar-refractivity contribution >= 4 is 23.3 Å². The van der Waals surface area contributed by atoms with Crippen LogP contribution in [0.4, 0.5) is 10.2 Å². The number of nitrogens with one attached hydrogen (secondary N) is 3. The zero-order valence-electron chi connectivity index (χ0n) is 22.0. The summed E-state index contributed by atoms with van der Waals surface area (Å²) in [5.74, 6) is 0.167. The molecule has 1 heterocycles. The van der Waals surface area contributed by atoms with Crippen molar-refractivity contribution in [2.45, 2.75) is 91.3 Å². The second-order valence-electron chi connectivity index (χ2n) is 11.6. The number of nitrogens with zero attached hydrogens (tertiary/aromatic N) is 2. The molecule has 1 aliphatic rings. The minimum absolute atomic E-state index is 0.0332. The summed E-state index contributed by atoms with van der Waals surface area (Å²) < 4.78 is 16.5. The number of aromatic nitrogens is 2. The van der Waals surface area contributed by atoms with Crippen molar-refractivity contribution in [3.8, 4) is 0 Å². The molecule has 1 aliphatic carbocycles. The monoisotopic (exact) mass is 505 g/mol. The van der Waals surface area contributed by atoms with E-state index >= 15 is 0 Å². The first-order valence-corrected chi connectivity index (χ1v) is 13.0. The number of imidazole rings is 1. The molecule has 3 N–H and O–H groups in total. The smallest absolute Gasteiger partial charge is 0.242 e. The first-order chi connectivity index (χ1) is 16.4. The van der Waals surface area contributed by atoms with Crippen LogP contribution in [-0.4, -0.2) is 40.6 Å². The normalized spacial score (nSPS) is 17.2. The molecule has 35 heavy (non-hydrogen) atoms. The minimum Gasteiger partial charge on any atom is -0.328 e. The molecule has 1 aromatic carbocycles. The van der Waals surface area contributed by atoms with Crippen LogP contribution in [0.15, 0.2) is 24.7 Å². The van der Waals surface area contributed by atoms with E-state index in [1.807, 2.05) is 16.8 Å². The fourth-order valence-electron chi connectivity index (χ4n) is 4.56. The Bertz CT molecular complexity index is 1010. The van der Waals surface area contributed by atoms with Crippen LogP contribution < -0.4 is 16.0 Å². The highest BCUT2D eigenvalue weighted by atomic mass is 35.5. The Morgan fingerprint density at radius 3 is 2.69 bits per heavy atom. The Balaban J connectivity index is 1.61. The number of hydrogen-bond donors (Lipinski definition) is 3. The average molecular weight is 506 g/mol. The average Bonchev–Trinajstić information content (AvgIpc) is 3.22. The van der Waals surface area contributed by atoms with Crippen molar-refractivity contribution in [1.29, 1.82) is 0 Å². The molecule has 0 bridgehead atoms. The zero-order chi connectivity index (χ0) is 25.8. The number of carbonyl (C=O) groups excluding carboxylic acids is 1. The molecule has 8 heteroatoms. The molecular weight excluding hydrogens is 465 g/mol. The first-order valence-electron chi connectivity index (χ1n) is 12.7. The van der Waals surface area contributed by atoms with Gasteiger partial charge in [-0.3, -0.25) is 4.79 Å². The molecule has 0 fully saturated rings. The maximum Gasteiger partial charge on any atom is 0.242 e. The predicted octanol–water partition coefficient (Wildman–Crippen LogP) is 5.30. The second kappa shape index (κ2) is 11.4. The number of halogens is 2. The Labute approximate surface area is 214 Å². The van der Waals surface area contributed by atoms with E-state index < -0.39 is 0 Å². The quantitative estimate of drug-likeness (QED) is 0.409. The molecule has 0 saturated carbocycles. The number of carbonyl (C=O) groups is 1. The third-order valence-electron chi connectivity index (χ3n) is 6.54. The molecule has 0 aliphatic heterocycles. The van der Waals surface area contributed by atoms with E-state index in [-0.39, 0.29) is 34.8 Å². The van der Waals surface area contributed by atoms with Crippen molar-refractivity contribution in [3.63, 3.8) is 0 Å². The first kappa shape index (κ1) is 27.6. The Kier molecular flexibility index (Phi) is 9.00. The highest BCUT2D eigenvalue weighted by Gasteiger charge is 2.28. The van der Waals surface area contributed by atoms with Gasteiger partial charge in [-0.1, -0.05) is 45.7 Å². The molecule has 1 aromatic heterocycles. The molecule has 2 aromatic rings. The van der Waals surface area contributed by atoms with Crippen LogP contribution in [0.1, 0.15) is 71.9 Å². The Morgan fingerprint density at radius 1 is 1.26 bits per heavy atom. The number of amides is 1. The van der Waals surface area contributed by atoms with Crippen LogP contribution in [0.5, 0.6) is 0 Å². The largest absolute Gasteiger partial charge is 0.328 e. The number of benzene rings is 1. The lowest BCUT2D eigenvalue weighted by atomic mass is 9.87. The van der Waals surface area contributed by atoms with Gasteiger partial charge in [0.2, 0.25) is 5.91 Å². The highest BCUT2D eigenvalue weighted by Crippen LogP contribution is 2.28. The summed E-state index contributed by atoms with van der Waals surface area (Å²) in [6.45, 7) is 14.7. The molecule has 6 nitrogen and oxygen atoms in total. The fraction of sp³-hybridized carbons (Fsp3) is 0.630. The number of aryl methyl sites for hydroxylation is 1. The standard InChI is InChI=1S/C27H41ClFN5O/c1-7-8-23(32-20-10-9-18-11-19(28)12-22(29)21(18)13-20)25(35)33-24-14-34(17-31-24)27(5,6)16-30-15-26(2,3)4/h11-12,14,17,20,23,30,32H,7-10,13,15-16H2,1-6H3,(H,33,35). The Hall–Kier alpha value is -1.96. The van der Waals surface area contributed by atoms with Crippen molar-refractivity contribution in [2.24, 2.45) is 5.41 Å². The summed E-state index contributed by atoms with van der Waals surface area (Å²) in [5.41, 5.74) is 1.69. The van der Waals surface area contributed by atoms with Gasteiger partial charge in [0, 0.05) is 30.4 Å². The van der Waals surface area contributed by atoms with Gasteiger partial charge in [-0.05, 0) is 68.2 Å². The zero-order valence-corrected chi connectivity index (χ0v) is 22.7. The van der Waals surface area contributed by atoms with E-state index in [1.54, 1.807) is 6.33 Å². The van der Waals surface area contributed by atoms with Crippen molar-refractivity contribution < 1.29 is 9.18 Å². The van der Waals surface area contributed by atoms with Crippen LogP contribution >= 0.6 is 11.6 Å². The summed E-state index contributed by atoms with van der Waals surface area (Å²) >= 11 is 6.02. The molecule has 0 radical (unpaired) electrons. The van der Waals surface area contributed by atoms with E-state index in [2.05, 4.69) is 62.5 Å². The van der Waals surface area contributed by atoms with E-state index in [1.165, 1.54) is 6.07 Å². The van der Waals surface area contributed by atoms with Gasteiger partial charge >= 0.3 is 0 Å². The van der Waals surface area contributed by atoms with Gasteiger partial charge in [-0.2, -0.15) is 0 Å². The summed E-state index contributed by atoms with van der Waals surface area (Å²) in [6.07, 6.45) is 7.34. The van der Waals surface area contributed by atoms with Crippen LogP contribution in [0, 0.1) is 11.2 Å². The molecule has 1 amide bonds. The van der Waals surface area contributed by atoms with Gasteiger partial charge in [-0.15, -0.1) is 0 Å².